The van der Waals surface area contributed by atoms with Crippen LogP contribution < -0.4 is 5.32 Å². The number of hydrogen-bond donors (Lipinski definition) is 3. The lowest BCUT2D eigenvalue weighted by Gasteiger charge is -2.13. The molecule has 0 radical (unpaired) electrons. The summed E-state index contributed by atoms with van der Waals surface area (Å²) in [4.78, 5) is 12.2. The van der Waals surface area contributed by atoms with Gasteiger partial charge in [-0.25, -0.2) is 0 Å². The maximum absolute atomic E-state index is 12.2. The highest BCUT2D eigenvalue weighted by molar-refractivity contribution is 5.92. The lowest BCUT2D eigenvalue weighted by molar-refractivity contribution is -0.119. The molecular formula is C18H21NO3. The Morgan fingerprint density at radius 2 is 1.68 bits per heavy atom. The van der Waals surface area contributed by atoms with E-state index in [1.165, 1.54) is 17.7 Å². The number of aromatic hydroxyl groups is 2. The minimum Gasteiger partial charge on any atom is -0.504 e. The normalized spacial score (nSPS) is 11.9. The van der Waals surface area contributed by atoms with E-state index >= 15 is 0 Å². The third-order valence-corrected chi connectivity index (χ3v) is 3.66. The van der Waals surface area contributed by atoms with Gasteiger partial charge in [0.05, 0.1) is 0 Å². The van der Waals surface area contributed by atoms with Gasteiger partial charge in [0.2, 0.25) is 5.91 Å². The number of rotatable bonds is 5. The molecule has 0 aliphatic heterocycles. The summed E-state index contributed by atoms with van der Waals surface area (Å²) in [5.74, 6) is -0.635. The molecule has 4 heteroatoms. The van der Waals surface area contributed by atoms with Gasteiger partial charge in [-0.3, -0.25) is 4.79 Å². The topological polar surface area (TPSA) is 69.6 Å². The van der Waals surface area contributed by atoms with Crippen LogP contribution in [0.5, 0.6) is 11.5 Å². The maximum atomic E-state index is 12.2. The van der Waals surface area contributed by atoms with Gasteiger partial charge in [0.25, 0.3) is 0 Å². The van der Waals surface area contributed by atoms with Gasteiger partial charge in [-0.05, 0) is 48.2 Å². The number of carbonyl (C=O) groups excluding carboxylic acids is 1. The molecule has 2 aromatic carbocycles. The number of carbonyl (C=O) groups is 1. The predicted molar refractivity (Wildman–Crippen MR) is 87.1 cm³/mol. The number of anilines is 1. The first-order valence-corrected chi connectivity index (χ1v) is 7.40. The Kier molecular flexibility index (Phi) is 5.04. The Morgan fingerprint density at radius 3 is 2.27 bits per heavy atom. The fraction of sp³-hybridized carbons (Fsp3) is 0.278. The van der Waals surface area contributed by atoms with Crippen LogP contribution in [0.25, 0.3) is 0 Å². The molecule has 0 aliphatic rings. The van der Waals surface area contributed by atoms with Crippen LogP contribution in [0.3, 0.4) is 0 Å². The fourth-order valence-corrected chi connectivity index (χ4v) is 2.23. The lowest BCUT2D eigenvalue weighted by Crippen LogP contribution is -2.22. The van der Waals surface area contributed by atoms with Crippen molar-refractivity contribution in [2.24, 2.45) is 5.92 Å². The molecule has 0 fully saturated rings. The highest BCUT2D eigenvalue weighted by Crippen LogP contribution is 2.26. The zero-order valence-electron chi connectivity index (χ0n) is 12.8. The van der Waals surface area contributed by atoms with E-state index < -0.39 is 0 Å². The molecule has 22 heavy (non-hydrogen) atoms. The smallest absolute Gasteiger partial charge is 0.227 e. The van der Waals surface area contributed by atoms with E-state index in [1.54, 1.807) is 6.07 Å². The van der Waals surface area contributed by atoms with Gasteiger partial charge in [-0.2, -0.15) is 0 Å². The second-order valence-corrected chi connectivity index (χ2v) is 5.47. The van der Waals surface area contributed by atoms with Crippen molar-refractivity contribution in [1.29, 1.82) is 0 Å². The average molecular weight is 299 g/mol. The van der Waals surface area contributed by atoms with Crippen LogP contribution in [0.15, 0.2) is 42.5 Å². The van der Waals surface area contributed by atoms with Crippen LogP contribution >= 0.6 is 0 Å². The van der Waals surface area contributed by atoms with Gasteiger partial charge in [0.1, 0.15) is 0 Å². The molecule has 2 rings (SSSR count). The summed E-state index contributed by atoms with van der Waals surface area (Å²) in [7, 11) is 0. The zero-order valence-corrected chi connectivity index (χ0v) is 12.8. The first-order chi connectivity index (χ1) is 10.5. The molecule has 0 heterocycles. The highest BCUT2D eigenvalue weighted by Gasteiger charge is 2.14. The molecule has 2 aromatic rings. The number of hydrogen-bond acceptors (Lipinski definition) is 3. The minimum absolute atomic E-state index is 0.0724. The Labute approximate surface area is 130 Å². The standard InChI is InChI=1S/C18H21NO3/c1-3-13-4-7-15(8-5-13)19-18(22)12(2)10-14-6-9-16(20)17(21)11-14/h4-9,11-12,20-21H,3,10H2,1-2H3,(H,19,22). The number of benzene rings is 2. The Bertz CT molecular complexity index is 650. The molecule has 1 atom stereocenters. The van der Waals surface area contributed by atoms with Crippen molar-refractivity contribution in [3.05, 3.63) is 53.6 Å². The molecule has 4 nitrogen and oxygen atoms in total. The molecular weight excluding hydrogens is 278 g/mol. The lowest BCUT2D eigenvalue weighted by atomic mass is 10.00. The van der Waals surface area contributed by atoms with Crippen LogP contribution in [0.4, 0.5) is 5.69 Å². The molecule has 3 N–H and O–H groups in total. The summed E-state index contributed by atoms with van der Waals surface area (Å²) in [6.07, 6.45) is 1.46. The van der Waals surface area contributed by atoms with Gasteiger partial charge >= 0.3 is 0 Å². The van der Waals surface area contributed by atoms with Gasteiger partial charge in [-0.15, -0.1) is 0 Å². The molecule has 0 saturated carbocycles. The Balaban J connectivity index is 1.97. The van der Waals surface area contributed by atoms with E-state index in [9.17, 15) is 15.0 Å². The molecule has 1 unspecified atom stereocenters. The number of nitrogens with one attached hydrogen (secondary N) is 1. The fourth-order valence-electron chi connectivity index (χ4n) is 2.23. The summed E-state index contributed by atoms with van der Waals surface area (Å²) in [6.45, 7) is 3.92. The molecule has 0 aliphatic carbocycles. The average Bonchev–Trinajstić information content (AvgIpc) is 2.51. The molecule has 0 spiro atoms. The monoisotopic (exact) mass is 299 g/mol. The van der Waals surface area contributed by atoms with E-state index in [0.717, 1.165) is 17.7 Å². The van der Waals surface area contributed by atoms with E-state index in [0.29, 0.717) is 6.42 Å². The first-order valence-electron chi connectivity index (χ1n) is 7.40. The van der Waals surface area contributed by atoms with Crippen molar-refractivity contribution in [3.63, 3.8) is 0 Å². The second-order valence-electron chi connectivity index (χ2n) is 5.47. The van der Waals surface area contributed by atoms with Gasteiger partial charge in [-0.1, -0.05) is 32.0 Å². The summed E-state index contributed by atoms with van der Waals surface area (Å²) in [6, 6.07) is 12.4. The zero-order chi connectivity index (χ0) is 16.1. The van der Waals surface area contributed by atoms with E-state index in [4.69, 9.17) is 0 Å². The van der Waals surface area contributed by atoms with Crippen molar-refractivity contribution >= 4 is 11.6 Å². The van der Waals surface area contributed by atoms with Crippen molar-refractivity contribution in [1.82, 2.24) is 0 Å². The third-order valence-electron chi connectivity index (χ3n) is 3.66. The summed E-state index contributed by atoms with van der Waals surface area (Å²) in [5.41, 5.74) is 2.81. The maximum Gasteiger partial charge on any atom is 0.227 e. The molecule has 0 bridgehead atoms. The molecule has 0 saturated heterocycles. The Morgan fingerprint density at radius 1 is 1.05 bits per heavy atom. The molecule has 1 amide bonds. The van der Waals surface area contributed by atoms with Gasteiger partial charge < -0.3 is 15.5 Å². The van der Waals surface area contributed by atoms with Crippen molar-refractivity contribution < 1.29 is 15.0 Å². The second kappa shape index (κ2) is 6.98. The molecule has 0 aromatic heterocycles. The van der Waals surface area contributed by atoms with E-state index in [2.05, 4.69) is 12.2 Å². The SMILES string of the molecule is CCc1ccc(NC(=O)C(C)Cc2ccc(O)c(O)c2)cc1. The van der Waals surface area contributed by atoms with Gasteiger partial charge in [0.15, 0.2) is 11.5 Å². The Hall–Kier alpha value is -2.49. The number of aryl methyl sites for hydroxylation is 1. The number of phenolic OH excluding ortho intramolecular Hbond substituents is 2. The first kappa shape index (κ1) is 15.9. The van der Waals surface area contributed by atoms with Crippen LogP contribution in [0.1, 0.15) is 25.0 Å². The van der Waals surface area contributed by atoms with Crippen LogP contribution in [-0.2, 0) is 17.6 Å². The number of amides is 1. The van der Waals surface area contributed by atoms with E-state index in [-0.39, 0.29) is 23.3 Å². The predicted octanol–water partition coefficient (Wildman–Crippen LogP) is 3.48. The van der Waals surface area contributed by atoms with Crippen molar-refractivity contribution in [2.45, 2.75) is 26.7 Å². The van der Waals surface area contributed by atoms with Crippen molar-refractivity contribution in [2.75, 3.05) is 5.32 Å². The molecule has 116 valence electrons. The van der Waals surface area contributed by atoms with Crippen LogP contribution in [0, 0.1) is 5.92 Å². The van der Waals surface area contributed by atoms with Crippen molar-refractivity contribution in [3.8, 4) is 11.5 Å². The quantitative estimate of drug-likeness (QED) is 0.740. The number of phenols is 2. The minimum atomic E-state index is -0.241. The van der Waals surface area contributed by atoms with Crippen LogP contribution in [0.2, 0.25) is 0 Å². The largest absolute Gasteiger partial charge is 0.504 e. The van der Waals surface area contributed by atoms with Gasteiger partial charge in [0, 0.05) is 11.6 Å². The third kappa shape index (κ3) is 4.01. The van der Waals surface area contributed by atoms with E-state index in [1.807, 2.05) is 31.2 Å². The highest BCUT2D eigenvalue weighted by atomic mass is 16.3. The summed E-state index contributed by atoms with van der Waals surface area (Å²) >= 11 is 0. The summed E-state index contributed by atoms with van der Waals surface area (Å²) < 4.78 is 0. The summed E-state index contributed by atoms with van der Waals surface area (Å²) in [5, 5.41) is 21.7. The van der Waals surface area contributed by atoms with Crippen LogP contribution in [-0.4, -0.2) is 16.1 Å².